The van der Waals surface area contributed by atoms with Gasteiger partial charge in [-0.2, -0.15) is 5.26 Å². The number of anilines is 2. The summed E-state index contributed by atoms with van der Waals surface area (Å²) in [6, 6.07) is 21.8. The van der Waals surface area contributed by atoms with Gasteiger partial charge in [0.1, 0.15) is 4.32 Å². The molecule has 1 heterocycles. The molecule has 196 valence electrons. The minimum Gasteiger partial charge on any atom is -0.318 e. The lowest BCUT2D eigenvalue weighted by Crippen LogP contribution is -2.52. The van der Waals surface area contributed by atoms with Gasteiger partial charge in [0, 0.05) is 48.1 Å². The molecule has 0 bridgehead atoms. The SMILES string of the molecule is CCC(=O)N1CCN(C(CC(C)(C)CC#N)C(C)(C)SC(=S)N(c2ccccc2)c2ccccc2)C1=O. The van der Waals surface area contributed by atoms with Crippen molar-refractivity contribution in [2.45, 2.75) is 64.7 Å². The van der Waals surface area contributed by atoms with Crippen LogP contribution < -0.4 is 4.90 Å². The van der Waals surface area contributed by atoms with Gasteiger partial charge in [0.25, 0.3) is 0 Å². The summed E-state index contributed by atoms with van der Waals surface area (Å²) in [5, 5.41) is 9.44. The van der Waals surface area contributed by atoms with Gasteiger partial charge in [0.15, 0.2) is 0 Å². The second-order valence-corrected chi connectivity index (χ2v) is 12.9. The number of benzene rings is 2. The van der Waals surface area contributed by atoms with Crippen LogP contribution in [0.25, 0.3) is 0 Å². The Balaban J connectivity index is 1.96. The van der Waals surface area contributed by atoms with Crippen molar-refractivity contribution >= 4 is 51.6 Å². The molecule has 1 saturated heterocycles. The number of hydrogen-bond donors (Lipinski definition) is 0. The zero-order valence-corrected chi connectivity index (χ0v) is 23.9. The highest BCUT2D eigenvalue weighted by atomic mass is 32.2. The van der Waals surface area contributed by atoms with Crippen molar-refractivity contribution < 1.29 is 9.59 Å². The average Bonchev–Trinajstić information content (AvgIpc) is 3.24. The normalized spacial score (nSPS) is 14.9. The maximum Gasteiger partial charge on any atom is 0.327 e. The Labute approximate surface area is 230 Å². The molecule has 0 spiro atoms. The first-order valence-corrected chi connectivity index (χ1v) is 13.8. The van der Waals surface area contributed by atoms with Crippen molar-refractivity contribution in [2.75, 3.05) is 18.0 Å². The third kappa shape index (κ3) is 6.91. The number of hydrogen-bond acceptors (Lipinski definition) is 5. The third-order valence-corrected chi connectivity index (χ3v) is 8.28. The second kappa shape index (κ2) is 12.1. The summed E-state index contributed by atoms with van der Waals surface area (Å²) in [5.74, 6) is -0.164. The van der Waals surface area contributed by atoms with Gasteiger partial charge < -0.3 is 4.90 Å². The van der Waals surface area contributed by atoms with E-state index >= 15 is 0 Å². The number of carbonyl (C=O) groups is 2. The standard InChI is InChI=1S/C29H36N4O2S2/c1-6-25(34)32-20-19-31(26(32)35)24(21-28(2,3)17-18-30)29(4,5)37-27(36)33(22-13-9-7-10-14-22)23-15-11-8-12-16-23/h7-16,24H,6,17,19-21H2,1-5H3. The van der Waals surface area contributed by atoms with Gasteiger partial charge >= 0.3 is 6.03 Å². The summed E-state index contributed by atoms with van der Waals surface area (Å²) in [7, 11) is 0. The predicted octanol–water partition coefficient (Wildman–Crippen LogP) is 6.99. The summed E-state index contributed by atoms with van der Waals surface area (Å²) in [5.41, 5.74) is 1.60. The Morgan fingerprint density at radius 1 is 1.05 bits per heavy atom. The molecule has 1 fully saturated rings. The van der Waals surface area contributed by atoms with Crippen LogP contribution in [0.5, 0.6) is 0 Å². The second-order valence-electron chi connectivity index (χ2n) is 10.6. The molecular weight excluding hydrogens is 500 g/mol. The van der Waals surface area contributed by atoms with Crippen molar-refractivity contribution in [1.82, 2.24) is 9.80 Å². The van der Waals surface area contributed by atoms with Crippen LogP contribution in [0.15, 0.2) is 60.7 Å². The van der Waals surface area contributed by atoms with Crippen LogP contribution in [-0.2, 0) is 4.79 Å². The van der Waals surface area contributed by atoms with Crippen molar-refractivity contribution in [3.63, 3.8) is 0 Å². The number of nitrogens with zero attached hydrogens (tertiary/aromatic N) is 4. The third-order valence-electron chi connectivity index (χ3n) is 6.69. The fraction of sp³-hybridized carbons (Fsp3) is 0.448. The fourth-order valence-electron chi connectivity index (χ4n) is 4.66. The molecule has 0 radical (unpaired) electrons. The zero-order valence-electron chi connectivity index (χ0n) is 22.3. The van der Waals surface area contributed by atoms with Gasteiger partial charge in [0.2, 0.25) is 5.91 Å². The molecule has 3 rings (SSSR count). The van der Waals surface area contributed by atoms with E-state index in [-0.39, 0.29) is 29.8 Å². The Bertz CT molecular complexity index is 1110. The Morgan fingerprint density at radius 2 is 1.59 bits per heavy atom. The lowest BCUT2D eigenvalue weighted by atomic mass is 9.79. The monoisotopic (exact) mass is 536 g/mol. The highest BCUT2D eigenvalue weighted by Gasteiger charge is 2.46. The summed E-state index contributed by atoms with van der Waals surface area (Å²) in [4.78, 5) is 31.0. The van der Waals surface area contributed by atoms with E-state index < -0.39 is 4.75 Å². The smallest absolute Gasteiger partial charge is 0.318 e. The molecule has 1 aliphatic heterocycles. The molecule has 1 unspecified atom stereocenters. The summed E-state index contributed by atoms with van der Waals surface area (Å²) >= 11 is 7.60. The lowest BCUT2D eigenvalue weighted by molar-refractivity contribution is -0.127. The number of amides is 3. The van der Waals surface area contributed by atoms with Crippen molar-refractivity contribution in [3.05, 3.63) is 60.7 Å². The maximum absolute atomic E-state index is 13.4. The molecule has 37 heavy (non-hydrogen) atoms. The summed E-state index contributed by atoms with van der Waals surface area (Å²) in [6.07, 6.45) is 1.27. The Morgan fingerprint density at radius 3 is 2.08 bits per heavy atom. The molecule has 2 aromatic carbocycles. The van der Waals surface area contributed by atoms with Gasteiger partial charge in [-0.25, -0.2) is 4.79 Å². The van der Waals surface area contributed by atoms with Crippen LogP contribution in [0.3, 0.4) is 0 Å². The van der Waals surface area contributed by atoms with Crippen molar-refractivity contribution in [2.24, 2.45) is 5.41 Å². The van der Waals surface area contributed by atoms with E-state index in [4.69, 9.17) is 12.2 Å². The van der Waals surface area contributed by atoms with E-state index in [1.807, 2.05) is 65.6 Å². The topological polar surface area (TPSA) is 67.7 Å². The van der Waals surface area contributed by atoms with Gasteiger partial charge in [-0.15, -0.1) is 0 Å². The van der Waals surface area contributed by atoms with E-state index in [1.54, 1.807) is 18.7 Å². The number of thiocarbonyl (C=S) groups is 1. The van der Waals surface area contributed by atoms with E-state index in [0.29, 0.717) is 30.3 Å². The molecule has 0 aromatic heterocycles. The molecule has 1 atom stereocenters. The van der Waals surface area contributed by atoms with Gasteiger partial charge in [-0.1, -0.05) is 81.1 Å². The quantitative estimate of drug-likeness (QED) is 0.322. The van der Waals surface area contributed by atoms with Crippen LogP contribution in [0.4, 0.5) is 16.2 Å². The number of rotatable bonds is 9. The van der Waals surface area contributed by atoms with Gasteiger partial charge in [-0.3, -0.25) is 14.6 Å². The minimum atomic E-state index is -0.507. The highest BCUT2D eigenvalue weighted by Crippen LogP contribution is 2.43. The Kier molecular flexibility index (Phi) is 9.38. The minimum absolute atomic E-state index is 0.164. The molecule has 2 aromatic rings. The van der Waals surface area contributed by atoms with Crippen LogP contribution in [0.1, 0.15) is 53.9 Å². The fourth-order valence-corrected chi connectivity index (χ4v) is 6.61. The van der Waals surface area contributed by atoms with E-state index in [0.717, 1.165) is 11.4 Å². The van der Waals surface area contributed by atoms with E-state index in [9.17, 15) is 14.9 Å². The first-order chi connectivity index (χ1) is 17.5. The average molecular weight is 537 g/mol. The number of thioether (sulfide) groups is 1. The molecule has 0 saturated carbocycles. The lowest BCUT2D eigenvalue weighted by Gasteiger charge is -2.43. The number of imide groups is 1. The molecule has 6 nitrogen and oxygen atoms in total. The predicted molar refractivity (Wildman–Crippen MR) is 156 cm³/mol. The largest absolute Gasteiger partial charge is 0.327 e. The number of para-hydroxylation sites is 2. The first-order valence-electron chi connectivity index (χ1n) is 12.6. The number of nitriles is 1. The number of urea groups is 1. The van der Waals surface area contributed by atoms with Gasteiger partial charge in [-0.05, 0) is 49.9 Å². The Hall–Kier alpha value is -2.89. The molecular formula is C29H36N4O2S2. The highest BCUT2D eigenvalue weighted by molar-refractivity contribution is 8.24. The number of carbonyl (C=O) groups excluding carboxylic acids is 2. The molecule has 1 aliphatic rings. The molecule has 0 N–H and O–H groups in total. The molecule has 3 amide bonds. The summed E-state index contributed by atoms with van der Waals surface area (Å²) < 4.78 is 0.158. The van der Waals surface area contributed by atoms with Crippen LogP contribution >= 0.6 is 24.0 Å². The van der Waals surface area contributed by atoms with Crippen LogP contribution in [-0.4, -0.2) is 49.9 Å². The molecule has 0 aliphatic carbocycles. The zero-order chi connectivity index (χ0) is 27.2. The first kappa shape index (κ1) is 28.7. The van der Waals surface area contributed by atoms with Crippen molar-refractivity contribution in [3.8, 4) is 6.07 Å². The van der Waals surface area contributed by atoms with Crippen LogP contribution in [0, 0.1) is 16.7 Å². The van der Waals surface area contributed by atoms with E-state index in [1.165, 1.54) is 4.90 Å². The van der Waals surface area contributed by atoms with Crippen LogP contribution in [0.2, 0.25) is 0 Å². The molecule has 8 heteroatoms. The maximum atomic E-state index is 13.4. The van der Waals surface area contributed by atoms with Gasteiger partial charge in [0.05, 0.1) is 6.07 Å². The van der Waals surface area contributed by atoms with E-state index in [2.05, 4.69) is 38.7 Å². The van der Waals surface area contributed by atoms with Crippen molar-refractivity contribution in [1.29, 1.82) is 5.26 Å². The summed E-state index contributed by atoms with van der Waals surface area (Å²) in [6.45, 7) is 10.9.